The van der Waals surface area contributed by atoms with Crippen molar-refractivity contribution in [3.8, 4) is 28.6 Å². The van der Waals surface area contributed by atoms with Crippen LogP contribution in [0.5, 0.6) is 5.75 Å². The Morgan fingerprint density at radius 2 is 2.04 bits per heavy atom. The number of hydrogen-bond donors (Lipinski definition) is 0. The number of fused-ring (bicyclic) bond motifs is 1. The average molecular weight is 354 g/mol. The standard InChI is InChI=1S/C19H18N2O3S/c1-3-19(4-2)10-15(22)14-9-12(5-6-16(14)23-19)18-20-17(21-24-18)13-7-8-25-11-13/h5-9,11H,3-4,10H2,1-2H3. The molecule has 1 aliphatic heterocycles. The quantitative estimate of drug-likeness (QED) is 0.660. The third-order valence-electron chi connectivity index (χ3n) is 4.83. The average Bonchev–Trinajstić information content (AvgIpc) is 3.32. The smallest absolute Gasteiger partial charge is 0.258 e. The molecule has 0 radical (unpaired) electrons. The van der Waals surface area contributed by atoms with Gasteiger partial charge >= 0.3 is 0 Å². The number of benzene rings is 1. The molecule has 1 aliphatic rings. The van der Waals surface area contributed by atoms with Gasteiger partial charge in [-0.3, -0.25) is 4.79 Å². The number of aromatic nitrogens is 2. The zero-order chi connectivity index (χ0) is 17.4. The Bertz CT molecular complexity index is 911. The highest BCUT2D eigenvalue weighted by atomic mass is 32.1. The van der Waals surface area contributed by atoms with Gasteiger partial charge in [-0.2, -0.15) is 16.3 Å². The fraction of sp³-hybridized carbons (Fsp3) is 0.316. The molecule has 128 valence electrons. The van der Waals surface area contributed by atoms with E-state index < -0.39 is 0 Å². The van der Waals surface area contributed by atoms with Crippen LogP contribution >= 0.6 is 11.3 Å². The first-order chi connectivity index (χ1) is 12.1. The van der Waals surface area contributed by atoms with Crippen molar-refractivity contribution in [1.82, 2.24) is 10.1 Å². The van der Waals surface area contributed by atoms with Gasteiger partial charge in [-0.25, -0.2) is 0 Å². The van der Waals surface area contributed by atoms with E-state index in [9.17, 15) is 4.79 Å². The van der Waals surface area contributed by atoms with Gasteiger partial charge in [0, 0.05) is 16.5 Å². The highest BCUT2D eigenvalue weighted by molar-refractivity contribution is 7.08. The highest BCUT2D eigenvalue weighted by Gasteiger charge is 2.37. The summed E-state index contributed by atoms with van der Waals surface area (Å²) in [5.41, 5.74) is 1.85. The molecule has 0 bridgehead atoms. The van der Waals surface area contributed by atoms with Gasteiger partial charge in [-0.05, 0) is 42.5 Å². The Kier molecular flexibility index (Phi) is 3.92. The van der Waals surface area contributed by atoms with Crippen LogP contribution in [-0.2, 0) is 0 Å². The van der Waals surface area contributed by atoms with Gasteiger partial charge in [0.1, 0.15) is 11.4 Å². The minimum atomic E-state index is -0.387. The number of carbonyl (C=O) groups is 1. The topological polar surface area (TPSA) is 65.2 Å². The molecule has 0 N–H and O–H groups in total. The largest absolute Gasteiger partial charge is 0.486 e. The molecule has 25 heavy (non-hydrogen) atoms. The van der Waals surface area contributed by atoms with Crippen LogP contribution in [0.3, 0.4) is 0 Å². The first kappa shape index (κ1) is 16.0. The lowest BCUT2D eigenvalue weighted by atomic mass is 9.85. The van der Waals surface area contributed by atoms with Crippen molar-refractivity contribution in [1.29, 1.82) is 0 Å². The molecule has 0 unspecified atom stereocenters. The van der Waals surface area contributed by atoms with Crippen molar-refractivity contribution < 1.29 is 14.1 Å². The van der Waals surface area contributed by atoms with Crippen molar-refractivity contribution in [3.63, 3.8) is 0 Å². The van der Waals surface area contributed by atoms with Gasteiger partial charge in [-0.1, -0.05) is 19.0 Å². The molecule has 0 saturated carbocycles. The van der Waals surface area contributed by atoms with Crippen molar-refractivity contribution in [2.45, 2.75) is 38.7 Å². The van der Waals surface area contributed by atoms with Crippen LogP contribution in [0.4, 0.5) is 0 Å². The number of Topliss-reactive ketones (excluding diaryl/α,β-unsaturated/α-hetero) is 1. The SMILES string of the molecule is CCC1(CC)CC(=O)c2cc(-c3nc(-c4ccsc4)no3)ccc2O1. The van der Waals surface area contributed by atoms with Gasteiger partial charge in [0.15, 0.2) is 5.78 Å². The van der Waals surface area contributed by atoms with Crippen molar-refractivity contribution in [2.75, 3.05) is 0 Å². The molecule has 1 aromatic carbocycles. The fourth-order valence-electron chi connectivity index (χ4n) is 3.12. The van der Waals surface area contributed by atoms with E-state index in [1.165, 1.54) is 0 Å². The van der Waals surface area contributed by atoms with Crippen LogP contribution in [0.2, 0.25) is 0 Å². The van der Waals surface area contributed by atoms with Gasteiger partial charge in [0.25, 0.3) is 5.89 Å². The third kappa shape index (κ3) is 2.76. The molecule has 3 heterocycles. The van der Waals surface area contributed by atoms with Crippen LogP contribution in [0, 0.1) is 0 Å². The van der Waals surface area contributed by atoms with E-state index in [1.54, 1.807) is 17.4 Å². The van der Waals surface area contributed by atoms with Crippen LogP contribution in [0.15, 0.2) is 39.5 Å². The number of nitrogens with zero attached hydrogens (tertiary/aromatic N) is 2. The van der Waals surface area contributed by atoms with Crippen LogP contribution in [-0.4, -0.2) is 21.5 Å². The number of ether oxygens (including phenoxy) is 1. The Labute approximate surface area is 149 Å². The second kappa shape index (κ2) is 6.11. The lowest BCUT2D eigenvalue weighted by molar-refractivity contribution is 0.0350. The molecule has 0 spiro atoms. The van der Waals surface area contributed by atoms with E-state index in [1.807, 2.05) is 29.0 Å². The third-order valence-corrected chi connectivity index (χ3v) is 5.51. The van der Waals surface area contributed by atoms with Gasteiger partial charge in [0.2, 0.25) is 5.82 Å². The Balaban J connectivity index is 1.69. The second-order valence-corrected chi connectivity index (χ2v) is 7.02. The molecule has 4 rings (SSSR count). The summed E-state index contributed by atoms with van der Waals surface area (Å²) in [6.45, 7) is 4.11. The minimum absolute atomic E-state index is 0.101. The summed E-state index contributed by atoms with van der Waals surface area (Å²) >= 11 is 1.58. The molecule has 0 saturated heterocycles. The van der Waals surface area contributed by atoms with E-state index in [0.29, 0.717) is 29.4 Å². The molecule has 6 heteroatoms. The van der Waals surface area contributed by atoms with Crippen LogP contribution in [0.1, 0.15) is 43.5 Å². The van der Waals surface area contributed by atoms with E-state index >= 15 is 0 Å². The number of ketones is 1. The van der Waals surface area contributed by atoms with E-state index in [4.69, 9.17) is 9.26 Å². The normalized spacial score (nSPS) is 15.7. The Morgan fingerprint density at radius 3 is 2.76 bits per heavy atom. The summed E-state index contributed by atoms with van der Waals surface area (Å²) in [6.07, 6.45) is 2.02. The number of carbonyl (C=O) groups excluding carboxylic acids is 1. The zero-order valence-corrected chi connectivity index (χ0v) is 14.9. The van der Waals surface area contributed by atoms with Crippen molar-refractivity contribution >= 4 is 17.1 Å². The highest BCUT2D eigenvalue weighted by Crippen LogP contribution is 2.39. The van der Waals surface area contributed by atoms with Gasteiger partial charge in [-0.15, -0.1) is 0 Å². The number of hydrogen-bond acceptors (Lipinski definition) is 6. The summed E-state index contributed by atoms with van der Waals surface area (Å²) in [5, 5.41) is 7.95. The molecular formula is C19H18N2O3S. The summed E-state index contributed by atoms with van der Waals surface area (Å²) in [7, 11) is 0. The molecule has 0 amide bonds. The number of thiophene rings is 1. The maximum Gasteiger partial charge on any atom is 0.258 e. The minimum Gasteiger partial charge on any atom is -0.486 e. The maximum absolute atomic E-state index is 12.6. The fourth-order valence-corrected chi connectivity index (χ4v) is 3.76. The molecule has 5 nitrogen and oxygen atoms in total. The van der Waals surface area contributed by atoms with Gasteiger partial charge < -0.3 is 9.26 Å². The molecule has 0 aliphatic carbocycles. The predicted molar refractivity (Wildman–Crippen MR) is 95.9 cm³/mol. The monoisotopic (exact) mass is 354 g/mol. The summed E-state index contributed by atoms with van der Waals surface area (Å²) in [5.74, 6) is 1.69. The summed E-state index contributed by atoms with van der Waals surface area (Å²) in [6, 6.07) is 7.42. The Hall–Kier alpha value is -2.47. The molecule has 0 atom stereocenters. The lowest BCUT2D eigenvalue weighted by Crippen LogP contribution is -2.40. The number of rotatable bonds is 4. The molecular weight excluding hydrogens is 336 g/mol. The van der Waals surface area contributed by atoms with Crippen molar-refractivity contribution in [3.05, 3.63) is 40.6 Å². The summed E-state index contributed by atoms with van der Waals surface area (Å²) < 4.78 is 11.5. The van der Waals surface area contributed by atoms with E-state index in [-0.39, 0.29) is 11.4 Å². The van der Waals surface area contributed by atoms with Crippen molar-refractivity contribution in [2.24, 2.45) is 0 Å². The van der Waals surface area contributed by atoms with Gasteiger partial charge in [0.05, 0.1) is 12.0 Å². The molecule has 0 fully saturated rings. The van der Waals surface area contributed by atoms with Crippen LogP contribution in [0.25, 0.3) is 22.8 Å². The first-order valence-electron chi connectivity index (χ1n) is 8.37. The Morgan fingerprint density at radius 1 is 1.20 bits per heavy atom. The zero-order valence-electron chi connectivity index (χ0n) is 14.1. The molecule has 2 aromatic heterocycles. The predicted octanol–water partition coefficient (Wildman–Crippen LogP) is 4.99. The first-order valence-corrected chi connectivity index (χ1v) is 9.31. The lowest BCUT2D eigenvalue weighted by Gasteiger charge is -2.36. The molecule has 3 aromatic rings. The second-order valence-electron chi connectivity index (χ2n) is 6.24. The summed E-state index contributed by atoms with van der Waals surface area (Å²) in [4.78, 5) is 17.1. The van der Waals surface area contributed by atoms with E-state index in [0.717, 1.165) is 24.0 Å². The van der Waals surface area contributed by atoms with Crippen LogP contribution < -0.4 is 4.74 Å². The maximum atomic E-state index is 12.6. The van der Waals surface area contributed by atoms with E-state index in [2.05, 4.69) is 24.0 Å².